The van der Waals surface area contributed by atoms with Gasteiger partial charge in [-0.2, -0.15) is 0 Å². The zero-order chi connectivity index (χ0) is 19.9. The first kappa shape index (κ1) is 19.4. The molecule has 0 aliphatic carbocycles. The summed E-state index contributed by atoms with van der Waals surface area (Å²) in [4.78, 5) is 20.8. The maximum absolute atomic E-state index is 12.5. The summed E-state index contributed by atoms with van der Waals surface area (Å²) >= 11 is 0. The summed E-state index contributed by atoms with van der Waals surface area (Å²) in [5.74, 6) is 1.48. The van der Waals surface area contributed by atoms with Crippen LogP contribution in [0.25, 0.3) is 0 Å². The van der Waals surface area contributed by atoms with Gasteiger partial charge in [0.25, 0.3) is 5.91 Å². The van der Waals surface area contributed by atoms with Crippen LogP contribution in [0.4, 0.5) is 11.5 Å². The van der Waals surface area contributed by atoms with Gasteiger partial charge in [0.05, 0.1) is 7.11 Å². The van der Waals surface area contributed by atoms with Gasteiger partial charge in [0.2, 0.25) is 0 Å². The van der Waals surface area contributed by atoms with Gasteiger partial charge in [0, 0.05) is 18.3 Å². The zero-order valence-electron chi connectivity index (χ0n) is 16.3. The molecule has 1 aromatic heterocycles. The smallest absolute Gasteiger partial charge is 0.270 e. The van der Waals surface area contributed by atoms with Crippen molar-refractivity contribution in [3.63, 3.8) is 0 Å². The highest BCUT2D eigenvalue weighted by molar-refractivity contribution is 5.92. The largest absolute Gasteiger partial charge is 0.497 e. The number of hydrogen-bond donors (Lipinski definition) is 2. The van der Waals surface area contributed by atoms with Crippen LogP contribution in [-0.2, 0) is 6.54 Å². The van der Waals surface area contributed by atoms with Crippen molar-refractivity contribution in [2.75, 3.05) is 12.4 Å². The Bertz CT molecular complexity index is 939. The highest BCUT2D eigenvalue weighted by atomic mass is 16.5. The van der Waals surface area contributed by atoms with Crippen molar-refractivity contribution >= 4 is 17.4 Å². The fourth-order valence-corrected chi connectivity index (χ4v) is 2.82. The molecule has 0 saturated carbocycles. The van der Waals surface area contributed by atoms with E-state index in [2.05, 4.69) is 40.5 Å². The van der Waals surface area contributed by atoms with Crippen molar-refractivity contribution in [2.24, 2.45) is 0 Å². The number of para-hydroxylation sites is 1. The number of benzene rings is 2. The van der Waals surface area contributed by atoms with Gasteiger partial charge in [0.1, 0.15) is 23.6 Å². The Morgan fingerprint density at radius 1 is 1.07 bits per heavy atom. The van der Waals surface area contributed by atoms with Gasteiger partial charge in [-0.05, 0) is 35.2 Å². The molecule has 2 N–H and O–H groups in total. The second kappa shape index (κ2) is 8.99. The van der Waals surface area contributed by atoms with E-state index in [1.807, 2.05) is 42.5 Å². The van der Waals surface area contributed by atoms with Gasteiger partial charge in [-0.25, -0.2) is 9.97 Å². The fraction of sp³-hybridized carbons (Fsp3) is 0.227. The van der Waals surface area contributed by atoms with Crippen molar-refractivity contribution in [3.8, 4) is 5.75 Å². The van der Waals surface area contributed by atoms with Gasteiger partial charge < -0.3 is 15.4 Å². The van der Waals surface area contributed by atoms with Crippen molar-refractivity contribution < 1.29 is 9.53 Å². The molecule has 3 aromatic rings. The van der Waals surface area contributed by atoms with Crippen LogP contribution in [0.3, 0.4) is 0 Å². The lowest BCUT2D eigenvalue weighted by Crippen LogP contribution is -2.24. The number of amides is 1. The molecular weight excluding hydrogens is 352 g/mol. The molecule has 0 aliphatic heterocycles. The number of rotatable bonds is 7. The van der Waals surface area contributed by atoms with Gasteiger partial charge in [-0.15, -0.1) is 0 Å². The summed E-state index contributed by atoms with van der Waals surface area (Å²) in [5.41, 5.74) is 3.45. The molecule has 0 spiro atoms. The SMILES string of the molecule is COc1ccc(CNC(=O)c2cc(Nc3ccccc3C(C)C)ncn2)cc1. The third-order valence-corrected chi connectivity index (χ3v) is 4.36. The maximum Gasteiger partial charge on any atom is 0.270 e. The van der Waals surface area contributed by atoms with Crippen LogP contribution in [0.2, 0.25) is 0 Å². The standard InChI is InChI=1S/C22H24N4O2/c1-15(2)18-6-4-5-7-19(18)26-21-12-20(24-14-25-21)22(27)23-13-16-8-10-17(28-3)11-9-16/h4-12,14-15H,13H2,1-3H3,(H,23,27)(H,24,25,26). The van der Waals surface area contributed by atoms with Crippen molar-refractivity contribution in [2.45, 2.75) is 26.3 Å². The number of nitrogens with zero attached hydrogens (tertiary/aromatic N) is 2. The molecule has 0 atom stereocenters. The Balaban J connectivity index is 1.67. The van der Waals surface area contributed by atoms with Crippen LogP contribution in [0.15, 0.2) is 60.9 Å². The molecular formula is C22H24N4O2. The molecule has 1 amide bonds. The van der Waals surface area contributed by atoms with Crippen LogP contribution < -0.4 is 15.4 Å². The highest BCUT2D eigenvalue weighted by Gasteiger charge is 2.11. The Labute approximate surface area is 165 Å². The minimum Gasteiger partial charge on any atom is -0.497 e. The van der Waals surface area contributed by atoms with Crippen LogP contribution in [-0.4, -0.2) is 23.0 Å². The molecule has 0 aliphatic rings. The van der Waals surface area contributed by atoms with Crippen LogP contribution in [0.1, 0.15) is 41.4 Å². The van der Waals surface area contributed by atoms with Crippen molar-refractivity contribution in [1.82, 2.24) is 15.3 Å². The van der Waals surface area contributed by atoms with Crippen LogP contribution in [0, 0.1) is 0 Å². The molecule has 0 saturated heterocycles. The van der Waals surface area contributed by atoms with E-state index in [1.165, 1.54) is 11.9 Å². The lowest BCUT2D eigenvalue weighted by atomic mass is 10.0. The predicted molar refractivity (Wildman–Crippen MR) is 110 cm³/mol. The molecule has 0 unspecified atom stereocenters. The van der Waals surface area contributed by atoms with E-state index in [-0.39, 0.29) is 5.91 Å². The third-order valence-electron chi connectivity index (χ3n) is 4.36. The molecule has 2 aromatic carbocycles. The number of anilines is 2. The van der Waals surface area contributed by atoms with E-state index in [0.29, 0.717) is 24.0 Å². The van der Waals surface area contributed by atoms with Crippen molar-refractivity contribution in [3.05, 3.63) is 77.7 Å². The summed E-state index contributed by atoms with van der Waals surface area (Å²) in [6, 6.07) is 17.3. The molecule has 6 heteroatoms. The summed E-state index contributed by atoms with van der Waals surface area (Å²) in [6.07, 6.45) is 1.39. The quantitative estimate of drug-likeness (QED) is 0.644. The van der Waals surface area contributed by atoms with E-state index in [0.717, 1.165) is 17.0 Å². The molecule has 144 valence electrons. The monoisotopic (exact) mass is 376 g/mol. The summed E-state index contributed by atoms with van der Waals surface area (Å²) in [6.45, 7) is 4.68. The molecule has 28 heavy (non-hydrogen) atoms. The van der Waals surface area contributed by atoms with E-state index >= 15 is 0 Å². The number of ether oxygens (including phenoxy) is 1. The number of hydrogen-bond acceptors (Lipinski definition) is 5. The average molecular weight is 376 g/mol. The van der Waals surface area contributed by atoms with Gasteiger partial charge in [-0.1, -0.05) is 44.2 Å². The van der Waals surface area contributed by atoms with Gasteiger partial charge >= 0.3 is 0 Å². The molecule has 1 heterocycles. The second-order valence-corrected chi connectivity index (χ2v) is 6.69. The van der Waals surface area contributed by atoms with Crippen molar-refractivity contribution in [1.29, 1.82) is 0 Å². The van der Waals surface area contributed by atoms with Gasteiger partial charge in [-0.3, -0.25) is 4.79 Å². The first-order chi connectivity index (χ1) is 13.6. The second-order valence-electron chi connectivity index (χ2n) is 6.69. The minimum atomic E-state index is -0.251. The van der Waals surface area contributed by atoms with E-state index in [1.54, 1.807) is 13.2 Å². The summed E-state index contributed by atoms with van der Waals surface area (Å²) in [7, 11) is 1.62. The Kier molecular flexibility index (Phi) is 6.22. The third kappa shape index (κ3) is 4.85. The number of nitrogens with one attached hydrogen (secondary N) is 2. The fourth-order valence-electron chi connectivity index (χ4n) is 2.82. The first-order valence-corrected chi connectivity index (χ1v) is 9.16. The Morgan fingerprint density at radius 3 is 2.54 bits per heavy atom. The lowest BCUT2D eigenvalue weighted by molar-refractivity contribution is 0.0946. The minimum absolute atomic E-state index is 0.251. The summed E-state index contributed by atoms with van der Waals surface area (Å²) in [5, 5.41) is 6.17. The molecule has 0 radical (unpaired) electrons. The molecule has 0 fully saturated rings. The number of aromatic nitrogens is 2. The van der Waals surface area contributed by atoms with Crippen LogP contribution in [0.5, 0.6) is 5.75 Å². The maximum atomic E-state index is 12.5. The predicted octanol–water partition coefficient (Wildman–Crippen LogP) is 4.28. The molecule has 3 rings (SSSR count). The highest BCUT2D eigenvalue weighted by Crippen LogP contribution is 2.26. The number of carbonyl (C=O) groups excluding carboxylic acids is 1. The van der Waals surface area contributed by atoms with Gasteiger partial charge in [0.15, 0.2) is 0 Å². The molecule has 6 nitrogen and oxygen atoms in total. The van der Waals surface area contributed by atoms with E-state index < -0.39 is 0 Å². The topological polar surface area (TPSA) is 76.1 Å². The number of carbonyl (C=O) groups is 1. The normalized spacial score (nSPS) is 10.6. The van der Waals surface area contributed by atoms with E-state index in [9.17, 15) is 4.79 Å². The lowest BCUT2D eigenvalue weighted by Gasteiger charge is -2.14. The zero-order valence-corrected chi connectivity index (χ0v) is 16.3. The Hall–Kier alpha value is -3.41. The van der Waals surface area contributed by atoms with Crippen LogP contribution >= 0.6 is 0 Å². The summed E-state index contributed by atoms with van der Waals surface area (Å²) < 4.78 is 5.14. The Morgan fingerprint density at radius 2 is 1.82 bits per heavy atom. The first-order valence-electron chi connectivity index (χ1n) is 9.16. The number of methoxy groups -OCH3 is 1. The molecule has 0 bridgehead atoms. The average Bonchev–Trinajstić information content (AvgIpc) is 2.73. The van der Waals surface area contributed by atoms with E-state index in [4.69, 9.17) is 4.74 Å².